The Kier molecular flexibility index (Phi) is 2.44. The number of carboxylic acid groups (broad SMARTS) is 1. The van der Waals surface area contributed by atoms with Gasteiger partial charge in [-0.1, -0.05) is 18.2 Å². The van der Waals surface area contributed by atoms with Gasteiger partial charge >= 0.3 is 11.9 Å². The van der Waals surface area contributed by atoms with Gasteiger partial charge in [0.05, 0.1) is 0 Å². The van der Waals surface area contributed by atoms with Gasteiger partial charge in [-0.05, 0) is 6.07 Å². The molecule has 16 heavy (non-hydrogen) atoms. The number of halogens is 1. The molecule has 82 valence electrons. The quantitative estimate of drug-likeness (QED) is 0.603. The largest absolute Gasteiger partial charge is 0.477 e. The summed E-state index contributed by atoms with van der Waals surface area (Å²) in [6.45, 7) is -0.207. The number of rotatable bonds is 2. The van der Waals surface area contributed by atoms with E-state index in [4.69, 9.17) is 5.11 Å². The number of cyclic esters (lactones) is 1. The molecule has 0 aliphatic carbocycles. The van der Waals surface area contributed by atoms with E-state index in [0.29, 0.717) is 0 Å². The van der Waals surface area contributed by atoms with E-state index in [-0.39, 0.29) is 17.7 Å². The van der Waals surface area contributed by atoms with Crippen molar-refractivity contribution >= 4 is 17.5 Å². The van der Waals surface area contributed by atoms with Crippen LogP contribution < -0.4 is 0 Å². The number of ether oxygens (including phenoxy) is 1. The maximum Gasteiger partial charge on any atom is 0.346 e. The van der Waals surface area contributed by atoms with Gasteiger partial charge in [0.1, 0.15) is 12.4 Å². The minimum Gasteiger partial charge on any atom is -0.477 e. The first kappa shape index (κ1) is 10.4. The Balaban J connectivity index is 2.59. The fourth-order valence-corrected chi connectivity index (χ4v) is 1.54. The minimum absolute atomic E-state index is 0.0793. The van der Waals surface area contributed by atoms with Crippen molar-refractivity contribution in [1.82, 2.24) is 0 Å². The molecule has 0 bridgehead atoms. The van der Waals surface area contributed by atoms with E-state index in [1.807, 2.05) is 0 Å². The fourth-order valence-electron chi connectivity index (χ4n) is 1.54. The van der Waals surface area contributed by atoms with Crippen LogP contribution >= 0.6 is 0 Å². The monoisotopic (exact) mass is 222 g/mol. The van der Waals surface area contributed by atoms with Gasteiger partial charge in [-0.3, -0.25) is 0 Å². The zero-order valence-corrected chi connectivity index (χ0v) is 8.07. The summed E-state index contributed by atoms with van der Waals surface area (Å²) in [5.74, 6) is -2.90. The second-order valence-electron chi connectivity index (χ2n) is 3.21. The van der Waals surface area contributed by atoms with Crippen LogP contribution in [0.1, 0.15) is 5.56 Å². The number of carbonyl (C=O) groups excluding carboxylic acids is 1. The summed E-state index contributed by atoms with van der Waals surface area (Å²) < 4.78 is 18.0. The van der Waals surface area contributed by atoms with Crippen LogP contribution in [0.4, 0.5) is 4.39 Å². The van der Waals surface area contributed by atoms with E-state index in [9.17, 15) is 14.0 Å². The number of benzene rings is 1. The molecule has 1 aromatic carbocycles. The van der Waals surface area contributed by atoms with Gasteiger partial charge in [0, 0.05) is 11.1 Å². The molecule has 0 aromatic heterocycles. The maximum absolute atomic E-state index is 13.4. The second kappa shape index (κ2) is 3.77. The summed E-state index contributed by atoms with van der Waals surface area (Å²) in [6, 6.07) is 5.66. The number of hydrogen-bond acceptors (Lipinski definition) is 3. The Bertz CT molecular complexity index is 504. The molecule has 1 aromatic rings. The molecule has 2 rings (SSSR count). The molecule has 1 aliphatic rings. The predicted octanol–water partition coefficient (Wildman–Crippen LogP) is 1.22. The Hall–Kier alpha value is -2.17. The third kappa shape index (κ3) is 1.56. The van der Waals surface area contributed by atoms with E-state index in [1.54, 1.807) is 6.07 Å². The Morgan fingerprint density at radius 3 is 2.69 bits per heavy atom. The van der Waals surface area contributed by atoms with E-state index in [2.05, 4.69) is 4.74 Å². The summed E-state index contributed by atoms with van der Waals surface area (Å²) in [5.41, 5.74) is -0.327. The van der Waals surface area contributed by atoms with E-state index < -0.39 is 23.3 Å². The first-order valence-electron chi connectivity index (χ1n) is 4.49. The summed E-state index contributed by atoms with van der Waals surface area (Å²) in [4.78, 5) is 22.0. The van der Waals surface area contributed by atoms with Gasteiger partial charge in [-0.15, -0.1) is 0 Å². The lowest BCUT2D eigenvalue weighted by Crippen LogP contribution is -2.09. The number of carbonyl (C=O) groups is 2. The number of aliphatic carboxylic acids is 1. The number of carboxylic acids is 1. The van der Waals surface area contributed by atoms with E-state index >= 15 is 0 Å². The molecule has 0 atom stereocenters. The molecule has 4 nitrogen and oxygen atoms in total. The first-order chi connectivity index (χ1) is 7.61. The molecule has 0 unspecified atom stereocenters. The van der Waals surface area contributed by atoms with Crippen molar-refractivity contribution in [3.05, 3.63) is 41.2 Å². The zero-order valence-electron chi connectivity index (χ0n) is 8.07. The highest BCUT2D eigenvalue weighted by Gasteiger charge is 2.32. The van der Waals surface area contributed by atoms with Crippen molar-refractivity contribution in [2.24, 2.45) is 0 Å². The average molecular weight is 222 g/mol. The molecule has 5 heteroatoms. The van der Waals surface area contributed by atoms with Gasteiger partial charge in [-0.25, -0.2) is 14.0 Å². The molecule has 1 aliphatic heterocycles. The van der Waals surface area contributed by atoms with Crippen LogP contribution in [-0.2, 0) is 14.3 Å². The molecule has 0 spiro atoms. The van der Waals surface area contributed by atoms with Gasteiger partial charge in [0.15, 0.2) is 5.57 Å². The lowest BCUT2D eigenvalue weighted by Gasteiger charge is -2.02. The number of esters is 1. The van der Waals surface area contributed by atoms with Crippen LogP contribution in [0.25, 0.3) is 5.57 Å². The van der Waals surface area contributed by atoms with Crippen LogP contribution in [0.15, 0.2) is 29.8 Å². The fraction of sp³-hybridized carbons (Fsp3) is 0.0909. The van der Waals surface area contributed by atoms with Crippen LogP contribution in [0.2, 0.25) is 0 Å². The lowest BCUT2D eigenvalue weighted by atomic mass is 10.0. The highest BCUT2D eigenvalue weighted by Crippen LogP contribution is 2.27. The lowest BCUT2D eigenvalue weighted by molar-refractivity contribution is -0.141. The zero-order chi connectivity index (χ0) is 11.7. The Labute approximate surface area is 90.0 Å². The summed E-state index contributed by atoms with van der Waals surface area (Å²) in [5, 5.41) is 8.83. The molecular weight excluding hydrogens is 215 g/mol. The Morgan fingerprint density at radius 2 is 2.06 bits per heavy atom. The number of hydrogen-bond donors (Lipinski definition) is 1. The molecular formula is C11H7FO4. The third-order valence-electron chi connectivity index (χ3n) is 2.27. The standard InChI is InChI=1S/C11H7FO4/c12-8-4-2-1-3-6(8)7-5-16-11(15)9(7)10(13)14/h1-4H,5H2,(H,13,14). The normalized spacial score (nSPS) is 15.2. The third-order valence-corrected chi connectivity index (χ3v) is 2.27. The van der Waals surface area contributed by atoms with Crippen molar-refractivity contribution in [3.8, 4) is 0 Å². The van der Waals surface area contributed by atoms with Crippen molar-refractivity contribution in [2.45, 2.75) is 0 Å². The molecule has 0 saturated heterocycles. The molecule has 0 amide bonds. The molecule has 0 saturated carbocycles. The average Bonchev–Trinajstić information content (AvgIpc) is 2.61. The highest BCUT2D eigenvalue weighted by molar-refractivity contribution is 6.21. The maximum atomic E-state index is 13.4. The summed E-state index contributed by atoms with van der Waals surface area (Å²) in [7, 11) is 0. The molecule has 1 N–H and O–H groups in total. The van der Waals surface area contributed by atoms with Crippen molar-refractivity contribution < 1.29 is 23.8 Å². The van der Waals surface area contributed by atoms with E-state index in [1.165, 1.54) is 18.2 Å². The predicted molar refractivity (Wildman–Crippen MR) is 51.9 cm³/mol. The van der Waals surface area contributed by atoms with Gasteiger partial charge < -0.3 is 9.84 Å². The smallest absolute Gasteiger partial charge is 0.346 e. The summed E-state index contributed by atoms with van der Waals surface area (Å²) >= 11 is 0. The van der Waals surface area contributed by atoms with Crippen LogP contribution in [0.5, 0.6) is 0 Å². The highest BCUT2D eigenvalue weighted by atomic mass is 19.1. The molecule has 1 heterocycles. The van der Waals surface area contributed by atoms with Gasteiger partial charge in [-0.2, -0.15) is 0 Å². The molecule has 0 radical (unpaired) electrons. The second-order valence-corrected chi connectivity index (χ2v) is 3.21. The van der Waals surface area contributed by atoms with Crippen LogP contribution in [0, 0.1) is 5.82 Å². The Morgan fingerprint density at radius 1 is 1.38 bits per heavy atom. The van der Waals surface area contributed by atoms with Crippen LogP contribution in [-0.4, -0.2) is 23.7 Å². The van der Waals surface area contributed by atoms with Gasteiger partial charge in [0.2, 0.25) is 0 Å². The van der Waals surface area contributed by atoms with Crippen LogP contribution in [0.3, 0.4) is 0 Å². The topological polar surface area (TPSA) is 63.6 Å². The van der Waals surface area contributed by atoms with E-state index in [0.717, 1.165) is 0 Å². The first-order valence-corrected chi connectivity index (χ1v) is 4.49. The minimum atomic E-state index is -1.40. The van der Waals surface area contributed by atoms with Crippen molar-refractivity contribution in [1.29, 1.82) is 0 Å². The summed E-state index contributed by atoms with van der Waals surface area (Å²) in [6.07, 6.45) is 0. The SMILES string of the molecule is O=C(O)C1=C(c2ccccc2F)COC1=O. The van der Waals surface area contributed by atoms with Gasteiger partial charge in [0.25, 0.3) is 0 Å². The van der Waals surface area contributed by atoms with Crippen molar-refractivity contribution in [3.63, 3.8) is 0 Å². The van der Waals surface area contributed by atoms with Crippen molar-refractivity contribution in [2.75, 3.05) is 6.61 Å². The molecule has 0 fully saturated rings.